The van der Waals surface area contributed by atoms with E-state index < -0.39 is 0 Å². The molecule has 4 nitrogen and oxygen atoms in total. The SMILES string of the molecule is C=CC1CCCn2c(c(C3CCCCCC3)c3ccc(C=O)cc32)C1C=C.CC.CCC.CCCNCCNCC. The van der Waals surface area contributed by atoms with Crippen LogP contribution >= 0.6 is 0 Å². The number of nitrogens with one attached hydrogen (secondary N) is 2. The van der Waals surface area contributed by atoms with Crippen LogP contribution < -0.4 is 10.6 Å². The van der Waals surface area contributed by atoms with E-state index in [0.29, 0.717) is 17.8 Å². The first-order valence-electron chi connectivity index (χ1n) is 16.9. The maximum absolute atomic E-state index is 11.4. The van der Waals surface area contributed by atoms with E-state index in [1.807, 2.05) is 19.9 Å². The van der Waals surface area contributed by atoms with Crippen LogP contribution in [0.25, 0.3) is 10.9 Å². The summed E-state index contributed by atoms with van der Waals surface area (Å²) in [6.45, 7) is 26.3. The maximum atomic E-state index is 11.4. The molecule has 2 unspecified atom stereocenters. The number of aromatic nitrogens is 1. The Morgan fingerprint density at radius 2 is 1.54 bits per heavy atom. The van der Waals surface area contributed by atoms with E-state index in [1.54, 1.807) is 5.56 Å². The number of hydrogen-bond acceptors (Lipinski definition) is 3. The maximum Gasteiger partial charge on any atom is 0.150 e. The number of carbonyl (C=O) groups excluding carboxylic acids is 1. The molecule has 1 aliphatic carbocycles. The summed E-state index contributed by atoms with van der Waals surface area (Å²) in [4.78, 5) is 11.4. The summed E-state index contributed by atoms with van der Waals surface area (Å²) in [6, 6.07) is 6.29. The van der Waals surface area contributed by atoms with E-state index in [2.05, 4.69) is 80.3 Å². The Labute approximate surface area is 253 Å². The van der Waals surface area contributed by atoms with Gasteiger partial charge in [0.25, 0.3) is 0 Å². The molecular formula is C37H63N3O. The van der Waals surface area contributed by atoms with Gasteiger partial charge in [-0.2, -0.15) is 0 Å². The molecule has 0 bridgehead atoms. The van der Waals surface area contributed by atoms with Crippen LogP contribution in [0.3, 0.4) is 0 Å². The molecule has 2 aliphatic rings. The lowest BCUT2D eigenvalue weighted by molar-refractivity contribution is 0.112. The number of aldehydes is 1. The van der Waals surface area contributed by atoms with Gasteiger partial charge < -0.3 is 15.2 Å². The lowest BCUT2D eigenvalue weighted by Crippen LogP contribution is -2.27. The average molecular weight is 566 g/mol. The number of carbonyl (C=O) groups is 1. The Hall–Kier alpha value is -2.17. The van der Waals surface area contributed by atoms with Gasteiger partial charge >= 0.3 is 0 Å². The molecule has 1 aromatic heterocycles. The molecule has 2 heterocycles. The molecule has 1 saturated carbocycles. The molecule has 2 N–H and O–H groups in total. The first kappa shape index (κ1) is 36.9. The van der Waals surface area contributed by atoms with E-state index in [0.717, 1.165) is 57.4 Å². The van der Waals surface area contributed by atoms with Crippen LogP contribution in [0.1, 0.15) is 139 Å². The molecule has 0 saturated heterocycles. The smallest absolute Gasteiger partial charge is 0.150 e. The van der Waals surface area contributed by atoms with E-state index in [9.17, 15) is 4.79 Å². The molecule has 2 atom stereocenters. The highest BCUT2D eigenvalue weighted by Gasteiger charge is 2.32. The van der Waals surface area contributed by atoms with Gasteiger partial charge in [0.2, 0.25) is 0 Å². The molecule has 2 aromatic rings. The van der Waals surface area contributed by atoms with Crippen molar-refractivity contribution in [2.45, 2.75) is 124 Å². The monoisotopic (exact) mass is 565 g/mol. The van der Waals surface area contributed by atoms with Gasteiger partial charge in [-0.25, -0.2) is 0 Å². The van der Waals surface area contributed by atoms with Gasteiger partial charge in [-0.1, -0.05) is 97.9 Å². The zero-order chi connectivity index (χ0) is 30.5. The van der Waals surface area contributed by atoms with Gasteiger partial charge in [-0.15, -0.1) is 13.2 Å². The second-order valence-electron chi connectivity index (χ2n) is 11.1. The first-order chi connectivity index (χ1) is 20.1. The largest absolute Gasteiger partial charge is 0.344 e. The summed E-state index contributed by atoms with van der Waals surface area (Å²) in [5.41, 5.74) is 5.01. The summed E-state index contributed by atoms with van der Waals surface area (Å²) in [5.74, 6) is 1.39. The van der Waals surface area contributed by atoms with Crippen molar-refractivity contribution in [3.8, 4) is 0 Å². The number of hydrogen-bond donors (Lipinski definition) is 2. The summed E-state index contributed by atoms with van der Waals surface area (Å²) in [5, 5.41) is 7.91. The quantitative estimate of drug-likeness (QED) is 0.130. The van der Waals surface area contributed by atoms with E-state index in [4.69, 9.17) is 0 Å². The highest BCUT2D eigenvalue weighted by atomic mass is 16.1. The number of rotatable bonds is 10. The predicted molar refractivity (Wildman–Crippen MR) is 183 cm³/mol. The third-order valence-electron chi connectivity index (χ3n) is 7.98. The zero-order valence-electron chi connectivity index (χ0n) is 27.6. The minimum absolute atomic E-state index is 0.315. The lowest BCUT2D eigenvalue weighted by Gasteiger charge is -2.24. The van der Waals surface area contributed by atoms with Crippen molar-refractivity contribution >= 4 is 17.2 Å². The van der Waals surface area contributed by atoms with Crippen molar-refractivity contribution in [2.75, 3.05) is 26.2 Å². The molecule has 4 heteroatoms. The van der Waals surface area contributed by atoms with E-state index in [-0.39, 0.29) is 0 Å². The van der Waals surface area contributed by atoms with Crippen LogP contribution in [-0.4, -0.2) is 37.0 Å². The second kappa shape index (κ2) is 22.4. The Morgan fingerprint density at radius 1 is 0.878 bits per heavy atom. The van der Waals surface area contributed by atoms with Crippen molar-refractivity contribution in [3.05, 3.63) is 60.3 Å². The fourth-order valence-electron chi connectivity index (χ4n) is 6.16. The van der Waals surface area contributed by atoms with Crippen molar-refractivity contribution in [1.82, 2.24) is 15.2 Å². The fourth-order valence-corrected chi connectivity index (χ4v) is 6.16. The minimum Gasteiger partial charge on any atom is -0.344 e. The molecule has 1 fully saturated rings. The van der Waals surface area contributed by atoms with Gasteiger partial charge in [0.1, 0.15) is 6.29 Å². The van der Waals surface area contributed by atoms with Crippen molar-refractivity contribution in [2.24, 2.45) is 5.92 Å². The predicted octanol–water partition coefficient (Wildman–Crippen LogP) is 9.80. The molecule has 0 amide bonds. The van der Waals surface area contributed by atoms with Gasteiger partial charge in [0.05, 0.1) is 0 Å². The number of likely N-dealkylation sites (N-methyl/N-ethyl adjacent to an activating group) is 1. The normalized spacial score (nSPS) is 18.6. The van der Waals surface area contributed by atoms with Gasteiger partial charge in [-0.05, 0) is 68.7 Å². The standard InChI is InChI=1S/C25H31NO.C7H18N2.C3H8.C2H6/c1-3-19-12-9-15-26-23-16-18(17-27)13-14-22(23)24(25(26)21(19)4-2)20-10-7-5-6-8-11-20;1-3-5-9-7-6-8-4-2;1-3-2;1-2/h3-4,13-14,16-17,19-21H,1-2,5-12,15H2;8-9H,3-7H2,1-2H3;3H2,1-2H3;1-2H3. The number of fused-ring (bicyclic) bond motifs is 3. The topological polar surface area (TPSA) is 46.1 Å². The molecule has 232 valence electrons. The van der Waals surface area contributed by atoms with Crippen LogP contribution in [0.4, 0.5) is 0 Å². The number of allylic oxidation sites excluding steroid dienone is 2. The number of nitrogens with zero attached hydrogens (tertiary/aromatic N) is 1. The van der Waals surface area contributed by atoms with Crippen LogP contribution in [0, 0.1) is 5.92 Å². The summed E-state index contributed by atoms with van der Waals surface area (Å²) in [6.07, 6.45) is 18.0. The number of aryl methyl sites for hydroxylation is 1. The molecule has 1 aromatic carbocycles. The molecule has 4 rings (SSSR count). The van der Waals surface area contributed by atoms with Crippen LogP contribution in [0.5, 0.6) is 0 Å². The Balaban J connectivity index is 0.000000507. The summed E-state index contributed by atoms with van der Waals surface area (Å²) >= 11 is 0. The molecule has 0 radical (unpaired) electrons. The number of benzene rings is 1. The van der Waals surface area contributed by atoms with E-state index >= 15 is 0 Å². The molecule has 41 heavy (non-hydrogen) atoms. The summed E-state index contributed by atoms with van der Waals surface area (Å²) < 4.78 is 2.51. The molecular weight excluding hydrogens is 502 g/mol. The molecule has 0 spiro atoms. The van der Waals surface area contributed by atoms with Crippen molar-refractivity contribution in [3.63, 3.8) is 0 Å². The highest BCUT2D eigenvalue weighted by molar-refractivity contribution is 5.91. The van der Waals surface area contributed by atoms with Gasteiger partial charge in [0.15, 0.2) is 0 Å². The van der Waals surface area contributed by atoms with Gasteiger partial charge in [0, 0.05) is 47.7 Å². The van der Waals surface area contributed by atoms with E-state index in [1.165, 1.54) is 68.0 Å². The second-order valence-corrected chi connectivity index (χ2v) is 11.1. The highest BCUT2D eigenvalue weighted by Crippen LogP contribution is 2.46. The Bertz CT molecular complexity index is 978. The van der Waals surface area contributed by atoms with Gasteiger partial charge in [-0.3, -0.25) is 4.79 Å². The van der Waals surface area contributed by atoms with Crippen molar-refractivity contribution < 1.29 is 4.79 Å². The molecule has 1 aliphatic heterocycles. The zero-order valence-corrected chi connectivity index (χ0v) is 27.6. The fraction of sp³-hybridized carbons (Fsp3) is 0.649. The van der Waals surface area contributed by atoms with Crippen LogP contribution in [0.15, 0.2) is 43.5 Å². The van der Waals surface area contributed by atoms with Crippen LogP contribution in [-0.2, 0) is 6.54 Å². The third-order valence-corrected chi connectivity index (χ3v) is 7.98. The third kappa shape index (κ3) is 11.2. The Morgan fingerprint density at radius 3 is 2.10 bits per heavy atom. The minimum atomic E-state index is 0.315. The summed E-state index contributed by atoms with van der Waals surface area (Å²) in [7, 11) is 0. The first-order valence-corrected chi connectivity index (χ1v) is 16.9. The van der Waals surface area contributed by atoms with Crippen LogP contribution in [0.2, 0.25) is 0 Å². The Kier molecular flexibility index (Phi) is 20.2. The average Bonchev–Trinajstić information content (AvgIpc) is 3.19. The lowest BCUT2D eigenvalue weighted by atomic mass is 9.81. The van der Waals surface area contributed by atoms with Crippen molar-refractivity contribution in [1.29, 1.82) is 0 Å².